The van der Waals surface area contributed by atoms with Gasteiger partial charge in [0, 0.05) is 11.1 Å². The van der Waals surface area contributed by atoms with Gasteiger partial charge in [-0.1, -0.05) is 70.8 Å². The second kappa shape index (κ2) is 9.11. The van der Waals surface area contributed by atoms with E-state index in [1.54, 1.807) is 50.2 Å². The highest BCUT2D eigenvalue weighted by atomic mass is 32.2. The fourth-order valence-electron chi connectivity index (χ4n) is 4.54. The summed E-state index contributed by atoms with van der Waals surface area (Å²) in [5, 5.41) is 0. The maximum atomic E-state index is 13.3. The smallest absolute Gasteiger partial charge is 0.194 e. The molecule has 5 rings (SSSR count). The van der Waals surface area contributed by atoms with Crippen LogP contribution in [0.25, 0.3) is 20.6 Å². The van der Waals surface area contributed by atoms with Gasteiger partial charge >= 0.3 is 0 Å². The molecule has 1 aliphatic carbocycles. The third-order valence-corrected chi connectivity index (χ3v) is 9.07. The molecule has 0 aromatic heterocycles. The van der Waals surface area contributed by atoms with Crippen molar-refractivity contribution in [3.8, 4) is 11.1 Å². The maximum absolute atomic E-state index is 13.3. The molecule has 0 aliphatic heterocycles. The van der Waals surface area contributed by atoms with E-state index in [9.17, 15) is 21.6 Å². The molecule has 0 N–H and O–H groups in total. The number of benzene rings is 4. The molecule has 38 heavy (non-hydrogen) atoms. The number of hydrogen-bond acceptors (Lipinski definition) is 5. The van der Waals surface area contributed by atoms with Crippen LogP contribution in [-0.4, -0.2) is 22.6 Å². The summed E-state index contributed by atoms with van der Waals surface area (Å²) < 4.78 is 60.2. The van der Waals surface area contributed by atoms with E-state index in [4.69, 9.17) is 0 Å². The lowest BCUT2D eigenvalue weighted by atomic mass is 10.1. The Bertz CT molecular complexity index is 1730. The average Bonchev–Trinajstić information content (AvgIpc) is 3.14. The second-order valence-corrected chi connectivity index (χ2v) is 12.7. The average molecular weight is 545 g/mol. The SMILES string of the molecule is Cc1ccc([N-]S(=O)(=O)c2ccc3c(c2)C(=O)c2cc(S(=O)(=O)[N-]c4ccc(C)cc4C)ccc2-3)c(C)c1. The van der Waals surface area contributed by atoms with Crippen molar-refractivity contribution in [1.29, 1.82) is 0 Å². The molecule has 0 heterocycles. The number of rotatable bonds is 6. The molecule has 0 saturated heterocycles. The fourth-order valence-corrected chi connectivity index (χ4v) is 6.69. The molecule has 0 unspecified atom stereocenters. The minimum Gasteiger partial charge on any atom is -0.572 e. The van der Waals surface area contributed by atoms with E-state index < -0.39 is 25.8 Å². The van der Waals surface area contributed by atoms with Gasteiger partial charge in [0.25, 0.3) is 0 Å². The summed E-state index contributed by atoms with van der Waals surface area (Å²) in [6.45, 7) is 7.37. The molecule has 194 valence electrons. The van der Waals surface area contributed by atoms with Crippen molar-refractivity contribution < 1.29 is 21.6 Å². The van der Waals surface area contributed by atoms with Gasteiger partial charge in [-0.05, 0) is 63.1 Å². The van der Waals surface area contributed by atoms with E-state index in [0.717, 1.165) is 22.3 Å². The Hall–Kier alpha value is -3.95. The highest BCUT2D eigenvalue weighted by Gasteiger charge is 2.29. The summed E-state index contributed by atoms with van der Waals surface area (Å²) in [5.74, 6) is -0.456. The molecule has 0 atom stereocenters. The Morgan fingerprint density at radius 1 is 0.500 bits per heavy atom. The first-order chi connectivity index (χ1) is 17.9. The summed E-state index contributed by atoms with van der Waals surface area (Å²) in [6, 6.07) is 19.0. The maximum Gasteiger partial charge on any atom is 0.194 e. The number of nitrogens with zero attached hydrogens (tertiary/aromatic N) is 2. The Morgan fingerprint density at radius 2 is 0.895 bits per heavy atom. The van der Waals surface area contributed by atoms with Gasteiger partial charge < -0.3 is 9.44 Å². The first-order valence-electron chi connectivity index (χ1n) is 11.8. The van der Waals surface area contributed by atoms with Crippen molar-refractivity contribution in [3.63, 3.8) is 0 Å². The van der Waals surface area contributed by atoms with Gasteiger partial charge in [0.2, 0.25) is 0 Å². The normalized spacial score (nSPS) is 12.7. The number of sulfonamides is 2. The van der Waals surface area contributed by atoms with Gasteiger partial charge in [-0.15, -0.1) is 11.4 Å². The van der Waals surface area contributed by atoms with Crippen LogP contribution in [-0.2, 0) is 20.0 Å². The van der Waals surface area contributed by atoms with Crippen LogP contribution in [0.15, 0.2) is 82.6 Å². The highest BCUT2D eigenvalue weighted by molar-refractivity contribution is 7.94. The summed E-state index contributed by atoms with van der Waals surface area (Å²) in [5.41, 5.74) is 5.50. The third-order valence-electron chi connectivity index (χ3n) is 6.50. The third kappa shape index (κ3) is 4.59. The molecule has 0 radical (unpaired) electrons. The van der Waals surface area contributed by atoms with Crippen LogP contribution in [0.5, 0.6) is 0 Å². The van der Waals surface area contributed by atoms with Gasteiger partial charge in [0.05, 0.1) is 9.79 Å². The summed E-state index contributed by atoms with van der Waals surface area (Å²) >= 11 is 0. The Labute approximate surface area is 222 Å². The molecule has 4 aromatic rings. The van der Waals surface area contributed by atoms with Crippen LogP contribution in [0.3, 0.4) is 0 Å². The minimum atomic E-state index is -4.09. The number of carbonyl (C=O) groups excluding carboxylic acids is 1. The lowest BCUT2D eigenvalue weighted by Gasteiger charge is -2.24. The van der Waals surface area contributed by atoms with Crippen LogP contribution < -0.4 is 0 Å². The molecule has 9 heteroatoms. The molecule has 0 spiro atoms. The quantitative estimate of drug-likeness (QED) is 0.230. The second-order valence-electron chi connectivity index (χ2n) is 9.46. The molecular formula is C29H24N2O5S2-2. The zero-order chi connectivity index (χ0) is 27.4. The molecule has 4 aromatic carbocycles. The van der Waals surface area contributed by atoms with E-state index in [0.29, 0.717) is 22.5 Å². The Kier molecular flexibility index (Phi) is 6.16. The molecule has 1 aliphatic rings. The molecule has 7 nitrogen and oxygen atoms in total. The van der Waals surface area contributed by atoms with Crippen molar-refractivity contribution in [2.75, 3.05) is 0 Å². The van der Waals surface area contributed by atoms with E-state index >= 15 is 0 Å². The zero-order valence-electron chi connectivity index (χ0n) is 21.2. The predicted molar refractivity (Wildman–Crippen MR) is 148 cm³/mol. The van der Waals surface area contributed by atoms with Crippen molar-refractivity contribution in [1.82, 2.24) is 0 Å². The largest absolute Gasteiger partial charge is 0.572 e. The molecular weight excluding hydrogens is 520 g/mol. The van der Waals surface area contributed by atoms with Crippen LogP contribution in [0, 0.1) is 27.7 Å². The fraction of sp³-hybridized carbons (Fsp3) is 0.138. The number of ketones is 1. The predicted octanol–water partition coefficient (Wildman–Crippen LogP) is 6.92. The van der Waals surface area contributed by atoms with Crippen molar-refractivity contribution in [3.05, 3.63) is 116 Å². The molecule has 0 amide bonds. The summed E-state index contributed by atoms with van der Waals surface area (Å²) in [6.07, 6.45) is 0. The van der Waals surface area contributed by atoms with Gasteiger partial charge in [-0.2, -0.15) is 0 Å². The Morgan fingerprint density at radius 3 is 1.26 bits per heavy atom. The van der Waals surface area contributed by atoms with Crippen molar-refractivity contribution in [2.24, 2.45) is 0 Å². The lowest BCUT2D eigenvalue weighted by Crippen LogP contribution is -2.03. The van der Waals surface area contributed by atoms with Crippen LogP contribution in [0.4, 0.5) is 11.4 Å². The van der Waals surface area contributed by atoms with Crippen LogP contribution in [0.2, 0.25) is 0 Å². The van der Waals surface area contributed by atoms with E-state index in [1.807, 2.05) is 26.0 Å². The van der Waals surface area contributed by atoms with E-state index in [1.165, 1.54) is 24.3 Å². The summed E-state index contributed by atoms with van der Waals surface area (Å²) in [4.78, 5) is 13.1. The summed E-state index contributed by atoms with van der Waals surface area (Å²) in [7, 11) is -8.18. The van der Waals surface area contributed by atoms with Crippen molar-refractivity contribution >= 4 is 37.2 Å². The number of aryl methyl sites for hydroxylation is 4. The topological polar surface area (TPSA) is 114 Å². The van der Waals surface area contributed by atoms with Gasteiger partial charge in [-0.3, -0.25) is 4.79 Å². The number of fused-ring (bicyclic) bond motifs is 3. The van der Waals surface area contributed by atoms with Gasteiger partial charge in [-0.25, -0.2) is 16.8 Å². The van der Waals surface area contributed by atoms with Crippen molar-refractivity contribution in [2.45, 2.75) is 37.5 Å². The Balaban J connectivity index is 1.46. The highest BCUT2D eigenvalue weighted by Crippen LogP contribution is 2.41. The van der Waals surface area contributed by atoms with E-state index in [-0.39, 0.29) is 20.9 Å². The standard InChI is InChI=1S/C29H24N2O5S2/c1-17-5-11-27(19(3)13-17)30-37(33,34)21-7-9-23-24-10-8-22(16-26(24)29(32)25(23)15-21)38(35,36)31-28-12-6-18(2)14-20(28)4/h5-16H,1-4H3/q-2. The molecule has 0 fully saturated rings. The number of hydrogen-bond donors (Lipinski definition) is 0. The lowest BCUT2D eigenvalue weighted by molar-refractivity contribution is 0.104. The minimum absolute atomic E-state index is 0.116. The van der Waals surface area contributed by atoms with Gasteiger partial charge in [0.15, 0.2) is 5.78 Å². The first-order valence-corrected chi connectivity index (χ1v) is 14.7. The van der Waals surface area contributed by atoms with Crippen LogP contribution in [0.1, 0.15) is 38.2 Å². The zero-order valence-corrected chi connectivity index (χ0v) is 22.8. The monoisotopic (exact) mass is 544 g/mol. The molecule has 0 bridgehead atoms. The first kappa shape index (κ1) is 25.7. The van der Waals surface area contributed by atoms with Crippen LogP contribution >= 0.6 is 0 Å². The number of carbonyl (C=O) groups is 1. The van der Waals surface area contributed by atoms with Gasteiger partial charge in [0.1, 0.15) is 20.0 Å². The molecule has 0 saturated carbocycles. The van der Waals surface area contributed by atoms with E-state index in [2.05, 4.69) is 9.44 Å².